The van der Waals surface area contributed by atoms with Gasteiger partial charge in [0.1, 0.15) is 11.8 Å². The molecule has 0 bridgehead atoms. The van der Waals surface area contributed by atoms with Crippen LogP contribution in [0.1, 0.15) is 40.1 Å². The molecular weight excluding hydrogens is 402 g/mol. The van der Waals surface area contributed by atoms with Crippen LogP contribution in [0.3, 0.4) is 0 Å². The van der Waals surface area contributed by atoms with Crippen molar-refractivity contribution < 1.29 is 14.1 Å². The first-order valence-corrected chi connectivity index (χ1v) is 10.7. The number of aromatic nitrogens is 3. The molecule has 0 spiro atoms. The topological polar surface area (TPSA) is 93.4 Å². The van der Waals surface area contributed by atoms with Crippen LogP contribution in [0, 0.1) is 20.8 Å². The first kappa shape index (κ1) is 20.5. The van der Waals surface area contributed by atoms with Crippen LogP contribution in [-0.2, 0) is 11.3 Å². The standard InChI is InChI=1S/C21H25N5O3S/c1-12-7-16(8-13(2)23-12)19-18(9-22-20(27)17-11-29-25-15(17)4)24-21(30-19)26-5-6-28-14(3)10-26/h7-8,11,14H,5-6,9-10H2,1-4H3,(H,22,27)/t14-/m0/s1. The van der Waals surface area contributed by atoms with Crippen molar-refractivity contribution in [2.75, 3.05) is 24.6 Å². The van der Waals surface area contributed by atoms with Crippen LogP contribution in [0.2, 0.25) is 0 Å². The Labute approximate surface area is 179 Å². The van der Waals surface area contributed by atoms with Crippen LogP contribution in [0.5, 0.6) is 0 Å². The van der Waals surface area contributed by atoms with Gasteiger partial charge in [0.25, 0.3) is 5.91 Å². The summed E-state index contributed by atoms with van der Waals surface area (Å²) in [5.41, 5.74) is 4.81. The Balaban J connectivity index is 1.64. The molecule has 3 aromatic rings. The van der Waals surface area contributed by atoms with E-state index < -0.39 is 0 Å². The number of ether oxygens (including phenoxy) is 1. The minimum absolute atomic E-state index is 0.163. The Hall–Kier alpha value is -2.78. The molecule has 4 rings (SSSR count). The molecule has 1 fully saturated rings. The predicted molar refractivity (Wildman–Crippen MR) is 115 cm³/mol. The Kier molecular flexibility index (Phi) is 5.83. The Bertz CT molecular complexity index is 1040. The van der Waals surface area contributed by atoms with Gasteiger partial charge in [0, 0.05) is 24.5 Å². The van der Waals surface area contributed by atoms with Gasteiger partial charge in [-0.1, -0.05) is 16.5 Å². The first-order chi connectivity index (χ1) is 14.4. The summed E-state index contributed by atoms with van der Waals surface area (Å²) in [6.07, 6.45) is 1.53. The van der Waals surface area contributed by atoms with Gasteiger partial charge in [-0.05, 0) is 45.4 Å². The summed E-state index contributed by atoms with van der Waals surface area (Å²) in [5.74, 6) is -0.226. The highest BCUT2D eigenvalue weighted by Crippen LogP contribution is 2.36. The third-order valence-electron chi connectivity index (χ3n) is 4.95. The lowest BCUT2D eigenvalue weighted by Crippen LogP contribution is -2.41. The first-order valence-electron chi connectivity index (χ1n) is 9.92. The molecular formula is C21H25N5O3S. The van der Waals surface area contributed by atoms with Gasteiger partial charge in [0.05, 0.1) is 35.5 Å². The zero-order valence-corrected chi connectivity index (χ0v) is 18.4. The maximum absolute atomic E-state index is 12.5. The van der Waals surface area contributed by atoms with Crippen molar-refractivity contribution in [3.8, 4) is 10.4 Å². The average molecular weight is 428 g/mol. The number of hydrogen-bond acceptors (Lipinski definition) is 8. The van der Waals surface area contributed by atoms with Gasteiger partial charge in [0.2, 0.25) is 0 Å². The van der Waals surface area contributed by atoms with Gasteiger partial charge in [-0.25, -0.2) is 4.98 Å². The molecule has 30 heavy (non-hydrogen) atoms. The van der Waals surface area contributed by atoms with Crippen molar-refractivity contribution in [1.82, 2.24) is 20.4 Å². The molecule has 0 unspecified atom stereocenters. The number of carbonyl (C=O) groups excluding carboxylic acids is 1. The zero-order chi connectivity index (χ0) is 21.3. The number of pyridine rings is 1. The highest BCUT2D eigenvalue weighted by atomic mass is 32.1. The van der Waals surface area contributed by atoms with Crippen LogP contribution in [0.4, 0.5) is 5.13 Å². The van der Waals surface area contributed by atoms with Crippen molar-refractivity contribution in [2.24, 2.45) is 0 Å². The third kappa shape index (κ3) is 4.36. The van der Waals surface area contributed by atoms with E-state index in [2.05, 4.69) is 39.4 Å². The molecule has 1 aliphatic rings. The maximum atomic E-state index is 12.5. The second-order valence-corrected chi connectivity index (χ2v) is 8.51. The smallest absolute Gasteiger partial charge is 0.256 e. The highest BCUT2D eigenvalue weighted by molar-refractivity contribution is 7.19. The normalized spacial score (nSPS) is 16.7. The van der Waals surface area contributed by atoms with E-state index in [9.17, 15) is 4.79 Å². The molecule has 1 atom stereocenters. The molecule has 3 aromatic heterocycles. The molecule has 1 aliphatic heterocycles. The molecule has 0 aromatic carbocycles. The number of hydrogen-bond donors (Lipinski definition) is 1. The summed E-state index contributed by atoms with van der Waals surface area (Å²) in [7, 11) is 0. The third-order valence-corrected chi connectivity index (χ3v) is 6.16. The monoisotopic (exact) mass is 427 g/mol. The van der Waals surface area contributed by atoms with E-state index in [1.165, 1.54) is 6.26 Å². The molecule has 0 aliphatic carbocycles. The lowest BCUT2D eigenvalue weighted by Gasteiger charge is -2.30. The van der Waals surface area contributed by atoms with Gasteiger partial charge in [0.15, 0.2) is 5.13 Å². The van der Waals surface area contributed by atoms with E-state index >= 15 is 0 Å². The van der Waals surface area contributed by atoms with E-state index in [-0.39, 0.29) is 12.0 Å². The quantitative estimate of drug-likeness (QED) is 0.668. The van der Waals surface area contributed by atoms with Gasteiger partial charge in [-0.3, -0.25) is 9.78 Å². The van der Waals surface area contributed by atoms with Crippen molar-refractivity contribution in [1.29, 1.82) is 0 Å². The summed E-state index contributed by atoms with van der Waals surface area (Å²) in [6.45, 7) is 10.4. The number of thiazole rings is 1. The van der Waals surface area contributed by atoms with Crippen LogP contribution in [0.15, 0.2) is 22.9 Å². The zero-order valence-electron chi connectivity index (χ0n) is 17.6. The molecule has 1 saturated heterocycles. The SMILES string of the molecule is Cc1cc(-c2sc(N3CCO[C@@H](C)C3)nc2CNC(=O)c2conc2C)cc(C)n1. The second kappa shape index (κ2) is 8.53. The number of carbonyl (C=O) groups is 1. The largest absolute Gasteiger partial charge is 0.375 e. The molecule has 158 valence electrons. The molecule has 9 heteroatoms. The van der Waals surface area contributed by atoms with Crippen molar-refractivity contribution in [3.63, 3.8) is 0 Å². The van der Waals surface area contributed by atoms with Gasteiger partial charge in [-0.2, -0.15) is 0 Å². The Morgan fingerprint density at radius 2 is 2.03 bits per heavy atom. The Morgan fingerprint density at radius 3 is 2.70 bits per heavy atom. The lowest BCUT2D eigenvalue weighted by atomic mass is 10.1. The van der Waals surface area contributed by atoms with E-state index in [1.54, 1.807) is 18.3 Å². The van der Waals surface area contributed by atoms with Crippen LogP contribution in [-0.4, -0.2) is 46.8 Å². The number of nitrogens with one attached hydrogen (secondary N) is 1. The minimum Gasteiger partial charge on any atom is -0.375 e. The molecule has 8 nitrogen and oxygen atoms in total. The van der Waals surface area contributed by atoms with E-state index in [4.69, 9.17) is 14.2 Å². The van der Waals surface area contributed by atoms with E-state index in [0.717, 1.165) is 45.7 Å². The number of aryl methyl sites for hydroxylation is 3. The fraction of sp³-hybridized carbons (Fsp3) is 0.429. The fourth-order valence-corrected chi connectivity index (χ4v) is 4.65. The summed E-state index contributed by atoms with van der Waals surface area (Å²) >= 11 is 1.64. The van der Waals surface area contributed by atoms with Crippen molar-refractivity contribution in [3.05, 3.63) is 46.7 Å². The van der Waals surface area contributed by atoms with E-state index in [1.807, 2.05) is 13.8 Å². The Morgan fingerprint density at radius 1 is 1.27 bits per heavy atom. The van der Waals surface area contributed by atoms with E-state index in [0.29, 0.717) is 24.4 Å². The average Bonchev–Trinajstić information content (AvgIpc) is 3.32. The number of nitrogens with zero attached hydrogens (tertiary/aromatic N) is 4. The number of rotatable bonds is 5. The van der Waals surface area contributed by atoms with Crippen molar-refractivity contribution in [2.45, 2.75) is 40.3 Å². The molecule has 0 saturated carbocycles. The van der Waals surface area contributed by atoms with Gasteiger partial charge >= 0.3 is 0 Å². The van der Waals surface area contributed by atoms with Crippen LogP contribution >= 0.6 is 11.3 Å². The van der Waals surface area contributed by atoms with Gasteiger partial charge < -0.3 is 19.5 Å². The summed E-state index contributed by atoms with van der Waals surface area (Å²) in [5, 5.41) is 7.67. The van der Waals surface area contributed by atoms with Crippen molar-refractivity contribution >= 4 is 22.4 Å². The number of amides is 1. The fourth-order valence-electron chi connectivity index (χ4n) is 3.55. The molecule has 1 N–H and O–H groups in total. The second-order valence-electron chi connectivity index (χ2n) is 7.53. The minimum atomic E-state index is -0.226. The molecule has 1 amide bonds. The number of anilines is 1. The molecule has 0 radical (unpaired) electrons. The summed E-state index contributed by atoms with van der Waals surface area (Å²) in [6, 6.07) is 4.11. The van der Waals surface area contributed by atoms with Crippen LogP contribution in [0.25, 0.3) is 10.4 Å². The number of morpholine rings is 1. The molecule has 4 heterocycles. The summed E-state index contributed by atoms with van der Waals surface area (Å²) in [4.78, 5) is 25.2. The highest BCUT2D eigenvalue weighted by Gasteiger charge is 2.23. The van der Waals surface area contributed by atoms with Crippen LogP contribution < -0.4 is 10.2 Å². The maximum Gasteiger partial charge on any atom is 0.256 e. The lowest BCUT2D eigenvalue weighted by molar-refractivity contribution is 0.0532. The predicted octanol–water partition coefficient (Wildman–Crippen LogP) is 3.27. The summed E-state index contributed by atoms with van der Waals surface area (Å²) < 4.78 is 10.6. The van der Waals surface area contributed by atoms with Gasteiger partial charge in [-0.15, -0.1) is 0 Å².